The number of rotatable bonds is 7. The Kier molecular flexibility index (Phi) is 7.50. The molecule has 2 aromatic carbocycles. The van der Waals surface area contributed by atoms with E-state index in [9.17, 15) is 9.59 Å². The van der Waals surface area contributed by atoms with E-state index >= 15 is 0 Å². The van der Waals surface area contributed by atoms with Crippen LogP contribution in [0.2, 0.25) is 0 Å². The molecule has 0 bridgehead atoms. The van der Waals surface area contributed by atoms with Crippen LogP contribution in [-0.4, -0.2) is 35.9 Å². The quantitative estimate of drug-likeness (QED) is 0.647. The third kappa shape index (κ3) is 5.62. The molecule has 1 unspecified atom stereocenters. The molecule has 2 amide bonds. The fraction of sp³-hybridized carbons (Fsp3) is 0.440. The number of para-hydroxylation sites is 1. The van der Waals surface area contributed by atoms with Gasteiger partial charge in [0.15, 0.2) is 0 Å². The minimum atomic E-state index is -0.0461. The van der Waals surface area contributed by atoms with Crippen molar-refractivity contribution in [2.75, 3.05) is 18.5 Å². The highest BCUT2D eigenvalue weighted by molar-refractivity contribution is 5.96. The first kappa shape index (κ1) is 21.9. The zero-order chi connectivity index (χ0) is 21.5. The molecule has 1 N–H and O–H groups in total. The molecule has 3 rings (SSSR count). The Hall–Kier alpha value is -2.82. The Labute approximate surface area is 179 Å². The van der Waals surface area contributed by atoms with E-state index in [2.05, 4.69) is 12.2 Å². The molecule has 1 heterocycles. The summed E-state index contributed by atoms with van der Waals surface area (Å²) in [4.78, 5) is 27.1. The minimum absolute atomic E-state index is 0.0461. The minimum Gasteiger partial charge on any atom is -0.493 e. The summed E-state index contributed by atoms with van der Waals surface area (Å²) in [5, 5.41) is 2.96. The van der Waals surface area contributed by atoms with Gasteiger partial charge in [-0.25, -0.2) is 0 Å². The number of amides is 2. The van der Waals surface area contributed by atoms with Crippen molar-refractivity contribution in [1.29, 1.82) is 0 Å². The van der Waals surface area contributed by atoms with Crippen LogP contribution < -0.4 is 10.1 Å². The Morgan fingerprint density at radius 1 is 1.10 bits per heavy atom. The number of likely N-dealkylation sites (tertiary alicyclic amines) is 1. The Bertz CT molecular complexity index is 894. The van der Waals surface area contributed by atoms with Gasteiger partial charge in [0, 0.05) is 30.3 Å². The number of carbonyl (C=O) groups excluding carboxylic acids is 2. The van der Waals surface area contributed by atoms with Crippen molar-refractivity contribution >= 4 is 17.5 Å². The second-order valence-electron chi connectivity index (χ2n) is 8.14. The van der Waals surface area contributed by atoms with Crippen LogP contribution in [0.15, 0.2) is 42.5 Å². The number of hydrogen-bond donors (Lipinski definition) is 1. The van der Waals surface area contributed by atoms with Gasteiger partial charge in [0.25, 0.3) is 5.91 Å². The van der Waals surface area contributed by atoms with Gasteiger partial charge in [0.2, 0.25) is 5.91 Å². The van der Waals surface area contributed by atoms with Crippen molar-refractivity contribution in [2.24, 2.45) is 0 Å². The SMILES string of the molecule is Cc1cc(C(=O)N2CCCCC2C)ccc1NC(=O)CCCOc1ccccc1C. The summed E-state index contributed by atoms with van der Waals surface area (Å²) in [6.45, 7) is 7.36. The van der Waals surface area contributed by atoms with Crippen LogP contribution in [0.25, 0.3) is 0 Å². The molecule has 1 saturated heterocycles. The molecule has 0 spiro atoms. The van der Waals surface area contributed by atoms with Gasteiger partial charge < -0.3 is 15.0 Å². The predicted molar refractivity (Wildman–Crippen MR) is 120 cm³/mol. The van der Waals surface area contributed by atoms with E-state index in [0.717, 1.165) is 42.0 Å². The van der Waals surface area contributed by atoms with Crippen molar-refractivity contribution in [1.82, 2.24) is 4.90 Å². The fourth-order valence-corrected chi connectivity index (χ4v) is 3.85. The van der Waals surface area contributed by atoms with Crippen LogP contribution in [0.5, 0.6) is 5.75 Å². The molecule has 1 atom stereocenters. The Morgan fingerprint density at radius 2 is 1.90 bits per heavy atom. The number of benzene rings is 2. The smallest absolute Gasteiger partial charge is 0.254 e. The van der Waals surface area contributed by atoms with E-state index in [-0.39, 0.29) is 17.9 Å². The van der Waals surface area contributed by atoms with Gasteiger partial charge in [-0.2, -0.15) is 0 Å². The highest BCUT2D eigenvalue weighted by atomic mass is 16.5. The third-order valence-corrected chi connectivity index (χ3v) is 5.71. The van der Waals surface area contributed by atoms with Crippen molar-refractivity contribution in [3.8, 4) is 5.75 Å². The van der Waals surface area contributed by atoms with E-state index in [1.54, 1.807) is 0 Å². The van der Waals surface area contributed by atoms with Gasteiger partial charge in [-0.3, -0.25) is 9.59 Å². The zero-order valence-electron chi connectivity index (χ0n) is 18.2. The first-order chi connectivity index (χ1) is 14.5. The number of carbonyl (C=O) groups is 2. The number of nitrogens with one attached hydrogen (secondary N) is 1. The summed E-state index contributed by atoms with van der Waals surface area (Å²) in [5.41, 5.74) is 3.43. The Balaban J connectivity index is 1.49. The van der Waals surface area contributed by atoms with Gasteiger partial charge in [-0.05, 0) is 81.8 Å². The van der Waals surface area contributed by atoms with E-state index in [0.29, 0.717) is 25.0 Å². The van der Waals surface area contributed by atoms with Gasteiger partial charge in [-0.1, -0.05) is 18.2 Å². The molecule has 5 heteroatoms. The first-order valence-electron chi connectivity index (χ1n) is 10.9. The number of nitrogens with zero attached hydrogens (tertiary/aromatic N) is 1. The van der Waals surface area contributed by atoms with Crippen LogP contribution in [-0.2, 0) is 4.79 Å². The molecule has 0 saturated carbocycles. The highest BCUT2D eigenvalue weighted by Crippen LogP contribution is 2.22. The molecular formula is C25H32N2O3. The maximum absolute atomic E-state index is 12.8. The number of hydrogen-bond acceptors (Lipinski definition) is 3. The molecule has 0 radical (unpaired) electrons. The van der Waals surface area contributed by atoms with Gasteiger partial charge >= 0.3 is 0 Å². The average Bonchev–Trinajstić information content (AvgIpc) is 2.74. The van der Waals surface area contributed by atoms with Crippen LogP contribution in [0.4, 0.5) is 5.69 Å². The largest absolute Gasteiger partial charge is 0.493 e. The third-order valence-electron chi connectivity index (χ3n) is 5.71. The standard InChI is InChI=1S/C25H32N2O3/c1-18-9-4-5-11-23(18)30-16-8-12-24(28)26-22-14-13-21(17-19(22)2)25(29)27-15-7-6-10-20(27)3/h4-5,9,11,13-14,17,20H,6-8,10,12,15-16H2,1-3H3,(H,26,28). The van der Waals surface area contributed by atoms with Gasteiger partial charge in [-0.15, -0.1) is 0 Å². The lowest BCUT2D eigenvalue weighted by Crippen LogP contribution is -2.42. The maximum atomic E-state index is 12.8. The number of ether oxygens (including phenoxy) is 1. The molecule has 1 fully saturated rings. The van der Waals surface area contributed by atoms with E-state index in [4.69, 9.17) is 4.74 Å². The summed E-state index contributed by atoms with van der Waals surface area (Å²) in [6, 6.07) is 13.7. The fourth-order valence-electron chi connectivity index (χ4n) is 3.85. The summed E-state index contributed by atoms with van der Waals surface area (Å²) in [5.74, 6) is 0.892. The van der Waals surface area contributed by atoms with E-state index in [1.807, 2.05) is 61.2 Å². The molecule has 0 aliphatic carbocycles. The first-order valence-corrected chi connectivity index (χ1v) is 10.9. The van der Waals surface area contributed by atoms with Crippen LogP contribution in [0.1, 0.15) is 60.5 Å². The van der Waals surface area contributed by atoms with Gasteiger partial charge in [0.05, 0.1) is 6.61 Å². The van der Waals surface area contributed by atoms with E-state index < -0.39 is 0 Å². The molecular weight excluding hydrogens is 376 g/mol. The van der Waals surface area contributed by atoms with Gasteiger partial charge in [0.1, 0.15) is 5.75 Å². The molecule has 2 aromatic rings. The lowest BCUT2D eigenvalue weighted by atomic mass is 10.0. The Morgan fingerprint density at radius 3 is 2.63 bits per heavy atom. The molecule has 30 heavy (non-hydrogen) atoms. The monoisotopic (exact) mass is 408 g/mol. The maximum Gasteiger partial charge on any atom is 0.254 e. The lowest BCUT2D eigenvalue weighted by molar-refractivity contribution is -0.116. The molecule has 1 aliphatic heterocycles. The summed E-state index contributed by atoms with van der Waals surface area (Å²) in [7, 11) is 0. The molecule has 160 valence electrons. The van der Waals surface area contributed by atoms with Crippen molar-refractivity contribution < 1.29 is 14.3 Å². The van der Waals surface area contributed by atoms with E-state index in [1.165, 1.54) is 6.42 Å². The van der Waals surface area contributed by atoms with Crippen LogP contribution >= 0.6 is 0 Å². The lowest BCUT2D eigenvalue weighted by Gasteiger charge is -2.33. The van der Waals surface area contributed by atoms with Crippen LogP contribution in [0, 0.1) is 13.8 Å². The van der Waals surface area contributed by atoms with Crippen molar-refractivity contribution in [3.63, 3.8) is 0 Å². The second-order valence-corrected chi connectivity index (χ2v) is 8.14. The molecule has 5 nitrogen and oxygen atoms in total. The predicted octanol–water partition coefficient (Wildman–Crippen LogP) is 5.12. The number of anilines is 1. The molecule has 1 aliphatic rings. The second kappa shape index (κ2) is 10.3. The zero-order valence-corrected chi connectivity index (χ0v) is 18.2. The number of aryl methyl sites for hydroxylation is 2. The summed E-state index contributed by atoms with van der Waals surface area (Å²) < 4.78 is 5.75. The highest BCUT2D eigenvalue weighted by Gasteiger charge is 2.24. The summed E-state index contributed by atoms with van der Waals surface area (Å²) >= 11 is 0. The molecule has 0 aromatic heterocycles. The van der Waals surface area contributed by atoms with Crippen LogP contribution in [0.3, 0.4) is 0 Å². The normalized spacial score (nSPS) is 16.2. The van der Waals surface area contributed by atoms with Crippen molar-refractivity contribution in [3.05, 3.63) is 59.2 Å². The number of piperidine rings is 1. The average molecular weight is 409 g/mol. The van der Waals surface area contributed by atoms with Crippen molar-refractivity contribution in [2.45, 2.75) is 58.9 Å². The summed E-state index contributed by atoms with van der Waals surface area (Å²) in [6.07, 6.45) is 4.34. The topological polar surface area (TPSA) is 58.6 Å².